The van der Waals surface area contributed by atoms with Crippen molar-refractivity contribution in [1.82, 2.24) is 20.4 Å². The number of nitrogens with zero attached hydrogens (tertiary/aromatic N) is 2. The summed E-state index contributed by atoms with van der Waals surface area (Å²) >= 11 is 0. The Bertz CT molecular complexity index is 1380. The molecule has 5 rings (SSSR count). The number of nitrogens with one attached hydrogen (secondary N) is 3. The number of hydrogen-bond donors (Lipinski definition) is 3. The number of fused-ring (bicyclic) bond motifs is 2. The molecule has 3 N–H and O–H groups in total. The van der Waals surface area contributed by atoms with Gasteiger partial charge in [0.15, 0.2) is 0 Å². The van der Waals surface area contributed by atoms with Crippen LogP contribution in [0.1, 0.15) is 34.7 Å². The Morgan fingerprint density at radius 3 is 2.88 bits per heavy atom. The molecule has 1 aromatic carbocycles. The lowest BCUT2D eigenvalue weighted by Gasteiger charge is -2.13. The molecule has 1 aliphatic rings. The highest BCUT2D eigenvalue weighted by atomic mass is 16.5. The van der Waals surface area contributed by atoms with E-state index in [9.17, 15) is 0 Å². The van der Waals surface area contributed by atoms with E-state index in [1.165, 1.54) is 11.1 Å². The van der Waals surface area contributed by atoms with Crippen LogP contribution >= 0.6 is 0 Å². The molecule has 4 heterocycles. The zero-order chi connectivity index (χ0) is 23.7. The lowest BCUT2D eigenvalue weighted by Crippen LogP contribution is -2.17. The highest BCUT2D eigenvalue weighted by Crippen LogP contribution is 2.35. The fourth-order valence-electron chi connectivity index (χ4n) is 4.54. The first-order chi connectivity index (χ1) is 16.5. The molecule has 4 aromatic rings. The standard InChI is InChI=1S/C27H29N5O2/c1-16(28-11-12-33-4)19-7-8-24-20(13-19)5-6-21(15-30-24)25-14-23-22(9-10-29-27(23)31-25)26-17(2)32-34-18(26)3/h7-10,13-15,28,30H,1,5-6,11-12H2,2-4H3,(H,29,31). The van der Waals surface area contributed by atoms with Crippen LogP contribution < -0.4 is 10.6 Å². The number of aryl methyl sites for hydroxylation is 3. The van der Waals surface area contributed by atoms with Crippen LogP contribution in [0.25, 0.3) is 33.4 Å². The second kappa shape index (κ2) is 9.19. The minimum absolute atomic E-state index is 0.649. The van der Waals surface area contributed by atoms with Gasteiger partial charge in [0.1, 0.15) is 11.4 Å². The van der Waals surface area contributed by atoms with E-state index in [1.54, 1.807) is 7.11 Å². The summed E-state index contributed by atoms with van der Waals surface area (Å²) in [6, 6.07) is 10.6. The molecule has 0 saturated heterocycles. The Labute approximate surface area is 198 Å². The van der Waals surface area contributed by atoms with Gasteiger partial charge < -0.3 is 24.9 Å². The van der Waals surface area contributed by atoms with Crippen LogP contribution in [0.3, 0.4) is 0 Å². The predicted molar refractivity (Wildman–Crippen MR) is 136 cm³/mol. The first-order valence-corrected chi connectivity index (χ1v) is 11.5. The topological polar surface area (TPSA) is 88.0 Å². The largest absolute Gasteiger partial charge is 0.383 e. The number of allylic oxidation sites excluding steroid dienone is 1. The number of methoxy groups -OCH3 is 1. The normalized spacial score (nSPS) is 13.2. The Morgan fingerprint density at radius 2 is 2.09 bits per heavy atom. The van der Waals surface area contributed by atoms with E-state index in [2.05, 4.69) is 62.8 Å². The Balaban J connectivity index is 1.40. The monoisotopic (exact) mass is 455 g/mol. The van der Waals surface area contributed by atoms with E-state index in [0.29, 0.717) is 6.61 Å². The van der Waals surface area contributed by atoms with Crippen LogP contribution in [0.15, 0.2) is 53.8 Å². The van der Waals surface area contributed by atoms with Crippen LogP contribution in [0.5, 0.6) is 0 Å². The average molecular weight is 456 g/mol. The molecule has 0 amide bonds. The van der Waals surface area contributed by atoms with Crippen molar-refractivity contribution in [1.29, 1.82) is 0 Å². The number of aromatic nitrogens is 3. The average Bonchev–Trinajstić information content (AvgIpc) is 3.34. The van der Waals surface area contributed by atoms with Crippen molar-refractivity contribution in [2.45, 2.75) is 26.7 Å². The molecule has 1 aliphatic heterocycles. The van der Waals surface area contributed by atoms with E-state index >= 15 is 0 Å². The summed E-state index contributed by atoms with van der Waals surface area (Å²) in [5, 5.41) is 12.0. The van der Waals surface area contributed by atoms with E-state index in [1.807, 2.05) is 26.1 Å². The number of rotatable bonds is 7. The summed E-state index contributed by atoms with van der Waals surface area (Å²) in [6.07, 6.45) is 5.75. The minimum atomic E-state index is 0.649. The summed E-state index contributed by atoms with van der Waals surface area (Å²) < 4.78 is 10.5. The maximum atomic E-state index is 5.41. The molecule has 0 spiro atoms. The molecule has 7 heteroatoms. The highest BCUT2D eigenvalue weighted by molar-refractivity contribution is 5.96. The molecule has 174 valence electrons. The van der Waals surface area contributed by atoms with Gasteiger partial charge in [0.05, 0.1) is 12.3 Å². The quantitative estimate of drug-likeness (QED) is 0.322. The van der Waals surface area contributed by atoms with Gasteiger partial charge in [-0.3, -0.25) is 0 Å². The van der Waals surface area contributed by atoms with Crippen LogP contribution in [0.2, 0.25) is 0 Å². The van der Waals surface area contributed by atoms with Crippen LogP contribution in [-0.4, -0.2) is 35.4 Å². The molecule has 0 aliphatic carbocycles. The third-order valence-electron chi connectivity index (χ3n) is 6.34. The van der Waals surface area contributed by atoms with E-state index in [-0.39, 0.29) is 0 Å². The number of benzene rings is 1. The maximum Gasteiger partial charge on any atom is 0.141 e. The molecule has 0 fully saturated rings. The SMILES string of the molecule is C=C(NCCOC)c1ccc2c(c1)CCC(c1cc3c(-c4c(C)noc4C)ccnc3[nH]1)=CN2. The molecule has 0 unspecified atom stereocenters. The lowest BCUT2D eigenvalue weighted by atomic mass is 9.99. The van der Waals surface area contributed by atoms with Crippen molar-refractivity contribution in [3.8, 4) is 11.1 Å². The summed E-state index contributed by atoms with van der Waals surface area (Å²) in [7, 11) is 1.70. The fraction of sp³-hybridized carbons (Fsp3) is 0.259. The second-order valence-corrected chi connectivity index (χ2v) is 8.59. The number of ether oxygens (including phenoxy) is 1. The zero-order valence-corrected chi connectivity index (χ0v) is 19.8. The molecule has 3 aromatic heterocycles. The summed E-state index contributed by atoms with van der Waals surface area (Å²) in [6.45, 7) is 9.47. The highest BCUT2D eigenvalue weighted by Gasteiger charge is 2.18. The first-order valence-electron chi connectivity index (χ1n) is 11.5. The first kappa shape index (κ1) is 22.0. The van der Waals surface area contributed by atoms with Crippen molar-refractivity contribution >= 4 is 28.0 Å². The molecule has 0 saturated carbocycles. The van der Waals surface area contributed by atoms with Gasteiger partial charge in [-0.1, -0.05) is 17.8 Å². The summed E-state index contributed by atoms with van der Waals surface area (Å²) in [4.78, 5) is 8.08. The minimum Gasteiger partial charge on any atom is -0.383 e. The van der Waals surface area contributed by atoms with E-state index in [0.717, 1.165) is 75.6 Å². The number of aromatic amines is 1. The van der Waals surface area contributed by atoms with Gasteiger partial charge in [0.2, 0.25) is 0 Å². The Hall–Kier alpha value is -3.84. The molecule has 0 radical (unpaired) electrons. The van der Waals surface area contributed by atoms with Crippen molar-refractivity contribution in [2.75, 3.05) is 25.6 Å². The Kier molecular flexibility index (Phi) is 5.94. The van der Waals surface area contributed by atoms with Gasteiger partial charge in [-0.2, -0.15) is 0 Å². The van der Waals surface area contributed by atoms with Gasteiger partial charge in [-0.15, -0.1) is 0 Å². The molecule has 34 heavy (non-hydrogen) atoms. The van der Waals surface area contributed by atoms with Crippen LogP contribution in [0, 0.1) is 13.8 Å². The van der Waals surface area contributed by atoms with E-state index < -0.39 is 0 Å². The lowest BCUT2D eigenvalue weighted by molar-refractivity contribution is 0.203. The molecule has 0 atom stereocenters. The maximum absolute atomic E-state index is 5.41. The van der Waals surface area contributed by atoms with Gasteiger partial charge >= 0.3 is 0 Å². The van der Waals surface area contributed by atoms with Crippen molar-refractivity contribution in [3.05, 3.63) is 77.6 Å². The van der Waals surface area contributed by atoms with Crippen LogP contribution in [-0.2, 0) is 11.2 Å². The number of pyridine rings is 1. The Morgan fingerprint density at radius 1 is 1.21 bits per heavy atom. The summed E-state index contributed by atoms with van der Waals surface area (Å²) in [5.41, 5.74) is 10.5. The van der Waals surface area contributed by atoms with Crippen molar-refractivity contribution in [3.63, 3.8) is 0 Å². The smallest absolute Gasteiger partial charge is 0.141 e. The van der Waals surface area contributed by atoms with Gasteiger partial charge in [0.25, 0.3) is 0 Å². The molecular weight excluding hydrogens is 426 g/mol. The number of hydrogen-bond acceptors (Lipinski definition) is 6. The van der Waals surface area contributed by atoms with Crippen molar-refractivity contribution < 1.29 is 9.26 Å². The molecule has 0 bridgehead atoms. The number of H-pyrrole nitrogens is 1. The summed E-state index contributed by atoms with van der Waals surface area (Å²) in [5.74, 6) is 0.813. The molecular formula is C27H29N5O2. The second-order valence-electron chi connectivity index (χ2n) is 8.59. The van der Waals surface area contributed by atoms with Gasteiger partial charge in [-0.05, 0) is 73.2 Å². The fourth-order valence-corrected chi connectivity index (χ4v) is 4.54. The van der Waals surface area contributed by atoms with Gasteiger partial charge in [-0.25, -0.2) is 4.98 Å². The number of anilines is 1. The van der Waals surface area contributed by atoms with E-state index in [4.69, 9.17) is 9.26 Å². The van der Waals surface area contributed by atoms with Gasteiger partial charge in [0, 0.05) is 54.1 Å². The third-order valence-corrected chi connectivity index (χ3v) is 6.34. The predicted octanol–water partition coefficient (Wildman–Crippen LogP) is 5.44. The zero-order valence-electron chi connectivity index (χ0n) is 19.8. The van der Waals surface area contributed by atoms with Crippen molar-refractivity contribution in [2.24, 2.45) is 0 Å². The molecule has 7 nitrogen and oxygen atoms in total. The third kappa shape index (κ3) is 4.10. The van der Waals surface area contributed by atoms with Crippen LogP contribution in [0.4, 0.5) is 5.69 Å².